The third-order valence-corrected chi connectivity index (χ3v) is 4.72. The van der Waals surface area contributed by atoms with Crippen molar-refractivity contribution >= 4 is 16.8 Å². The van der Waals surface area contributed by atoms with Gasteiger partial charge in [0.25, 0.3) is 5.56 Å². The van der Waals surface area contributed by atoms with Crippen LogP contribution in [0.3, 0.4) is 0 Å². The second kappa shape index (κ2) is 5.83. The number of primary amides is 1. The van der Waals surface area contributed by atoms with Crippen LogP contribution in [0.4, 0.5) is 0 Å². The summed E-state index contributed by atoms with van der Waals surface area (Å²) in [7, 11) is 0. The maximum atomic E-state index is 12.4. The molecule has 3 N–H and O–H groups in total. The monoisotopic (exact) mass is 329 g/mol. The number of nitrogens with zero attached hydrogens (tertiary/aromatic N) is 1. The van der Waals surface area contributed by atoms with E-state index in [4.69, 9.17) is 15.2 Å². The average Bonchev–Trinajstić information content (AvgIpc) is 3.01. The fraction of sp³-hybridized carbons (Fsp3) is 0.412. The Hall–Kier alpha value is -2.54. The summed E-state index contributed by atoms with van der Waals surface area (Å²) in [4.78, 5) is 28.8. The Morgan fingerprint density at radius 1 is 1.29 bits per heavy atom. The van der Waals surface area contributed by atoms with Gasteiger partial charge in [0.2, 0.25) is 12.7 Å². The summed E-state index contributed by atoms with van der Waals surface area (Å²) in [5.41, 5.74) is 6.69. The molecule has 0 saturated carbocycles. The van der Waals surface area contributed by atoms with E-state index in [0.29, 0.717) is 30.2 Å². The summed E-state index contributed by atoms with van der Waals surface area (Å²) in [5, 5.41) is 0.900. The molecule has 1 fully saturated rings. The molecule has 7 heteroatoms. The van der Waals surface area contributed by atoms with Crippen LogP contribution in [0.1, 0.15) is 18.4 Å². The first-order valence-electron chi connectivity index (χ1n) is 8.07. The number of benzene rings is 1. The van der Waals surface area contributed by atoms with Crippen LogP contribution in [0.25, 0.3) is 10.9 Å². The Kier molecular flexibility index (Phi) is 3.65. The van der Waals surface area contributed by atoms with Gasteiger partial charge in [0.15, 0.2) is 11.5 Å². The molecule has 7 nitrogen and oxygen atoms in total. The molecule has 2 aromatic rings. The zero-order chi connectivity index (χ0) is 16.7. The molecule has 24 heavy (non-hydrogen) atoms. The quantitative estimate of drug-likeness (QED) is 0.874. The van der Waals surface area contributed by atoms with E-state index in [2.05, 4.69) is 9.88 Å². The van der Waals surface area contributed by atoms with Gasteiger partial charge in [0.1, 0.15) is 0 Å². The molecule has 1 aromatic carbocycles. The summed E-state index contributed by atoms with van der Waals surface area (Å²) in [6, 6.07) is 5.54. The van der Waals surface area contributed by atoms with Gasteiger partial charge >= 0.3 is 0 Å². The van der Waals surface area contributed by atoms with Crippen molar-refractivity contribution in [2.75, 3.05) is 19.9 Å². The number of ether oxygens (including phenoxy) is 2. The molecule has 2 aliphatic rings. The summed E-state index contributed by atoms with van der Waals surface area (Å²) < 4.78 is 10.7. The Morgan fingerprint density at radius 3 is 2.88 bits per heavy atom. The van der Waals surface area contributed by atoms with E-state index in [1.54, 1.807) is 6.07 Å². The molecule has 2 aliphatic heterocycles. The maximum Gasteiger partial charge on any atom is 0.252 e. The second-order valence-corrected chi connectivity index (χ2v) is 6.39. The first kappa shape index (κ1) is 15.0. The lowest BCUT2D eigenvalue weighted by Gasteiger charge is -2.30. The average molecular weight is 329 g/mol. The van der Waals surface area contributed by atoms with Crippen molar-refractivity contribution in [3.8, 4) is 11.5 Å². The van der Waals surface area contributed by atoms with Gasteiger partial charge in [0, 0.05) is 30.1 Å². The lowest BCUT2D eigenvalue weighted by atomic mass is 9.97. The highest BCUT2D eigenvalue weighted by molar-refractivity contribution is 5.83. The first-order chi connectivity index (χ1) is 11.6. The molecule has 0 unspecified atom stereocenters. The molecule has 3 heterocycles. The van der Waals surface area contributed by atoms with Gasteiger partial charge in [-0.15, -0.1) is 0 Å². The van der Waals surface area contributed by atoms with Crippen molar-refractivity contribution in [2.45, 2.75) is 19.4 Å². The van der Waals surface area contributed by atoms with Crippen LogP contribution in [0.15, 0.2) is 23.0 Å². The predicted octanol–water partition coefficient (Wildman–Crippen LogP) is 0.954. The number of carbonyl (C=O) groups excluding carboxylic acids is 1. The normalized spacial score (nSPS) is 20.4. The van der Waals surface area contributed by atoms with E-state index in [1.165, 1.54) is 0 Å². The minimum atomic E-state index is -0.264. The number of fused-ring (bicyclic) bond motifs is 2. The molecule has 0 radical (unpaired) electrons. The number of nitrogens with one attached hydrogen (secondary N) is 1. The number of carbonyl (C=O) groups is 1. The SMILES string of the molecule is NC(=O)[C@H]1CCCN(Cc2cc3cc4c(cc3[nH]c2=O)OCO4)C1. The molecule has 1 saturated heterocycles. The number of H-pyrrole nitrogens is 1. The Morgan fingerprint density at radius 2 is 2.08 bits per heavy atom. The Balaban J connectivity index is 1.62. The number of nitrogens with two attached hydrogens (primary N) is 1. The van der Waals surface area contributed by atoms with Crippen molar-refractivity contribution in [1.82, 2.24) is 9.88 Å². The van der Waals surface area contributed by atoms with Crippen molar-refractivity contribution in [1.29, 1.82) is 0 Å². The largest absolute Gasteiger partial charge is 0.454 e. The van der Waals surface area contributed by atoms with Crippen LogP contribution < -0.4 is 20.8 Å². The topological polar surface area (TPSA) is 97.7 Å². The lowest BCUT2D eigenvalue weighted by molar-refractivity contribution is -0.123. The minimum absolute atomic E-state index is 0.123. The van der Waals surface area contributed by atoms with Crippen LogP contribution >= 0.6 is 0 Å². The number of likely N-dealkylation sites (tertiary alicyclic amines) is 1. The standard InChI is InChI=1S/C17H19N3O4/c18-16(21)10-2-1-3-20(7-10)8-12-4-11-5-14-15(24-9-23-14)6-13(11)19-17(12)22/h4-6,10H,1-3,7-9H2,(H2,18,21)(H,19,22)/t10-/m0/s1. The van der Waals surface area contributed by atoms with E-state index >= 15 is 0 Å². The van der Waals surface area contributed by atoms with Gasteiger partial charge in [-0.05, 0) is 31.5 Å². The number of aromatic nitrogens is 1. The van der Waals surface area contributed by atoms with Gasteiger partial charge in [-0.3, -0.25) is 14.5 Å². The van der Waals surface area contributed by atoms with E-state index in [9.17, 15) is 9.59 Å². The summed E-state index contributed by atoms with van der Waals surface area (Å²) in [6.45, 7) is 2.17. The van der Waals surface area contributed by atoms with Crippen LogP contribution in [-0.4, -0.2) is 35.7 Å². The predicted molar refractivity (Wildman–Crippen MR) is 87.9 cm³/mol. The third-order valence-electron chi connectivity index (χ3n) is 4.72. The van der Waals surface area contributed by atoms with Crippen LogP contribution in [-0.2, 0) is 11.3 Å². The molecular weight excluding hydrogens is 310 g/mol. The minimum Gasteiger partial charge on any atom is -0.454 e. The van der Waals surface area contributed by atoms with Crippen LogP contribution in [0, 0.1) is 5.92 Å². The summed E-state index contributed by atoms with van der Waals surface area (Å²) in [5.74, 6) is 0.936. The van der Waals surface area contributed by atoms with Crippen molar-refractivity contribution < 1.29 is 14.3 Å². The molecule has 1 aromatic heterocycles. The third kappa shape index (κ3) is 2.71. The summed E-state index contributed by atoms with van der Waals surface area (Å²) >= 11 is 0. The number of rotatable bonds is 3. The fourth-order valence-electron chi connectivity index (χ4n) is 3.43. The van der Waals surface area contributed by atoms with Gasteiger partial charge in [0.05, 0.1) is 11.4 Å². The Bertz CT molecular complexity index is 861. The highest BCUT2D eigenvalue weighted by Crippen LogP contribution is 2.35. The number of hydrogen-bond acceptors (Lipinski definition) is 5. The molecule has 4 rings (SSSR count). The molecule has 1 amide bonds. The summed E-state index contributed by atoms with van der Waals surface area (Å²) in [6.07, 6.45) is 1.74. The van der Waals surface area contributed by atoms with Crippen molar-refractivity contribution in [3.05, 3.63) is 34.1 Å². The molecule has 0 bridgehead atoms. The highest BCUT2D eigenvalue weighted by Gasteiger charge is 2.24. The zero-order valence-corrected chi connectivity index (χ0v) is 13.2. The van der Waals surface area contributed by atoms with E-state index in [1.807, 2.05) is 12.1 Å². The lowest BCUT2D eigenvalue weighted by Crippen LogP contribution is -2.41. The molecule has 0 aliphatic carbocycles. The molecule has 0 spiro atoms. The first-order valence-corrected chi connectivity index (χ1v) is 8.07. The van der Waals surface area contributed by atoms with Crippen LogP contribution in [0.5, 0.6) is 11.5 Å². The number of aromatic amines is 1. The number of hydrogen-bond donors (Lipinski definition) is 2. The second-order valence-electron chi connectivity index (χ2n) is 6.39. The Labute approximate surface area is 138 Å². The maximum absolute atomic E-state index is 12.4. The zero-order valence-electron chi connectivity index (χ0n) is 13.2. The number of pyridine rings is 1. The number of piperidine rings is 1. The molecule has 1 atom stereocenters. The van der Waals surface area contributed by atoms with Crippen molar-refractivity contribution in [2.24, 2.45) is 11.7 Å². The fourth-order valence-corrected chi connectivity index (χ4v) is 3.43. The molecular formula is C17H19N3O4. The van der Waals surface area contributed by atoms with Crippen molar-refractivity contribution in [3.63, 3.8) is 0 Å². The van der Waals surface area contributed by atoms with Crippen LogP contribution in [0.2, 0.25) is 0 Å². The van der Waals surface area contributed by atoms with Gasteiger partial charge in [-0.2, -0.15) is 0 Å². The van der Waals surface area contributed by atoms with E-state index < -0.39 is 0 Å². The van der Waals surface area contributed by atoms with Gasteiger partial charge < -0.3 is 20.2 Å². The van der Waals surface area contributed by atoms with E-state index in [-0.39, 0.29) is 24.2 Å². The highest BCUT2D eigenvalue weighted by atomic mass is 16.7. The van der Waals surface area contributed by atoms with E-state index in [0.717, 1.165) is 30.3 Å². The smallest absolute Gasteiger partial charge is 0.252 e. The van der Waals surface area contributed by atoms with Gasteiger partial charge in [-0.25, -0.2) is 0 Å². The van der Waals surface area contributed by atoms with Gasteiger partial charge in [-0.1, -0.05) is 0 Å². The molecule has 126 valence electrons. The number of amides is 1.